The molecule has 0 aliphatic rings. The second kappa shape index (κ2) is 12.9. The third kappa shape index (κ3) is 9.78. The Labute approximate surface area is 162 Å². The molecule has 1 aromatic rings. The molecule has 0 unspecified atom stereocenters. The molecule has 0 bridgehead atoms. The zero-order chi connectivity index (χ0) is 20.1. The molecule has 0 fully saturated rings. The van der Waals surface area contributed by atoms with Crippen molar-refractivity contribution in [2.24, 2.45) is 5.73 Å². The van der Waals surface area contributed by atoms with Crippen molar-refractivity contribution < 1.29 is 14.4 Å². The molecule has 27 heavy (non-hydrogen) atoms. The minimum atomic E-state index is -0.972. The zero-order valence-electron chi connectivity index (χ0n) is 16.5. The Balaban J connectivity index is 2.36. The number of hydrogen-bond acceptors (Lipinski definition) is 3. The summed E-state index contributed by atoms with van der Waals surface area (Å²) < 4.78 is 0. The Hall–Kier alpha value is -2.37. The van der Waals surface area contributed by atoms with Gasteiger partial charge in [-0.25, -0.2) is 0 Å². The minimum Gasteiger partial charge on any atom is -0.368 e. The van der Waals surface area contributed by atoms with Gasteiger partial charge in [0.05, 0.1) is 6.42 Å². The first kappa shape index (κ1) is 22.7. The van der Waals surface area contributed by atoms with E-state index in [-0.39, 0.29) is 24.2 Å². The molecule has 0 saturated carbocycles. The second-order valence-corrected chi connectivity index (χ2v) is 7.01. The van der Waals surface area contributed by atoms with Gasteiger partial charge >= 0.3 is 0 Å². The van der Waals surface area contributed by atoms with E-state index in [0.29, 0.717) is 13.0 Å². The lowest BCUT2D eigenvalue weighted by atomic mass is 10.0. The summed E-state index contributed by atoms with van der Waals surface area (Å²) in [6.45, 7) is 4.61. The van der Waals surface area contributed by atoms with Crippen molar-refractivity contribution in [1.29, 1.82) is 0 Å². The highest BCUT2D eigenvalue weighted by Crippen LogP contribution is 2.13. The third-order valence-corrected chi connectivity index (χ3v) is 4.55. The smallest absolute Gasteiger partial charge is 0.240 e. The van der Waals surface area contributed by atoms with Gasteiger partial charge in [0.2, 0.25) is 17.7 Å². The predicted octanol–water partition coefficient (Wildman–Crippen LogP) is 2.63. The number of nitrogens with one attached hydrogen (secondary N) is 2. The SMILES string of the molecule is CCCCCCCC(=O)N[C@H](CC(=O)NC[C@H](C)c1ccccc1)C(N)=O. The van der Waals surface area contributed by atoms with Crippen LogP contribution in [-0.2, 0) is 14.4 Å². The fourth-order valence-electron chi connectivity index (χ4n) is 2.80. The lowest BCUT2D eigenvalue weighted by Crippen LogP contribution is -2.47. The standard InChI is InChI=1S/C21H33N3O3/c1-3-4-5-6-10-13-19(25)24-18(21(22)27)14-20(26)23-15-16(2)17-11-8-7-9-12-17/h7-9,11-12,16,18H,3-6,10,13-15H2,1-2H3,(H2,22,27)(H,23,26)(H,24,25)/t16-,18+/m0/s1. The molecule has 4 N–H and O–H groups in total. The zero-order valence-corrected chi connectivity index (χ0v) is 16.5. The Bertz CT molecular complexity index is 590. The van der Waals surface area contributed by atoms with E-state index < -0.39 is 11.9 Å². The van der Waals surface area contributed by atoms with E-state index in [0.717, 1.165) is 37.7 Å². The normalized spacial score (nSPS) is 12.8. The van der Waals surface area contributed by atoms with Gasteiger partial charge in [-0.15, -0.1) is 0 Å². The number of primary amides is 1. The van der Waals surface area contributed by atoms with Gasteiger partial charge in [-0.1, -0.05) is 69.9 Å². The predicted molar refractivity (Wildman–Crippen MR) is 107 cm³/mol. The second-order valence-electron chi connectivity index (χ2n) is 7.01. The molecule has 1 aromatic carbocycles. The highest BCUT2D eigenvalue weighted by atomic mass is 16.2. The number of hydrogen-bond donors (Lipinski definition) is 3. The molecule has 0 aliphatic heterocycles. The van der Waals surface area contributed by atoms with E-state index in [1.807, 2.05) is 37.3 Å². The largest absolute Gasteiger partial charge is 0.368 e. The number of rotatable bonds is 13. The molecule has 0 spiro atoms. The van der Waals surface area contributed by atoms with Crippen LogP contribution < -0.4 is 16.4 Å². The summed E-state index contributed by atoms with van der Waals surface area (Å²) >= 11 is 0. The van der Waals surface area contributed by atoms with Gasteiger partial charge < -0.3 is 16.4 Å². The van der Waals surface area contributed by atoms with E-state index >= 15 is 0 Å². The van der Waals surface area contributed by atoms with Crippen LogP contribution in [0.2, 0.25) is 0 Å². The summed E-state index contributed by atoms with van der Waals surface area (Å²) in [5.41, 5.74) is 6.47. The molecule has 6 nitrogen and oxygen atoms in total. The Kier molecular flexibility index (Phi) is 10.8. The molecular formula is C21H33N3O3. The number of carbonyl (C=O) groups is 3. The Morgan fingerprint density at radius 1 is 1.00 bits per heavy atom. The average molecular weight is 376 g/mol. The molecule has 0 radical (unpaired) electrons. The third-order valence-electron chi connectivity index (χ3n) is 4.55. The average Bonchev–Trinajstić information content (AvgIpc) is 2.66. The first-order valence-corrected chi connectivity index (χ1v) is 9.84. The maximum absolute atomic E-state index is 12.1. The molecule has 0 aliphatic carbocycles. The molecule has 2 atom stereocenters. The summed E-state index contributed by atoms with van der Waals surface area (Å²) in [6, 6.07) is 8.88. The van der Waals surface area contributed by atoms with Crippen LogP contribution in [0.15, 0.2) is 30.3 Å². The topological polar surface area (TPSA) is 101 Å². The molecular weight excluding hydrogens is 342 g/mol. The van der Waals surface area contributed by atoms with Crippen molar-refractivity contribution in [2.45, 2.75) is 70.8 Å². The fraction of sp³-hybridized carbons (Fsp3) is 0.571. The molecule has 1 rings (SSSR count). The molecule has 0 heterocycles. The summed E-state index contributed by atoms with van der Waals surface area (Å²) in [5.74, 6) is -1.08. The van der Waals surface area contributed by atoms with Crippen LogP contribution in [0.5, 0.6) is 0 Å². The molecule has 3 amide bonds. The van der Waals surface area contributed by atoms with Gasteiger partial charge in [0.25, 0.3) is 0 Å². The van der Waals surface area contributed by atoms with Gasteiger partial charge in [0.15, 0.2) is 0 Å². The van der Waals surface area contributed by atoms with Gasteiger partial charge in [0.1, 0.15) is 6.04 Å². The maximum atomic E-state index is 12.1. The van der Waals surface area contributed by atoms with Crippen LogP contribution in [0.3, 0.4) is 0 Å². The molecule has 0 aromatic heterocycles. The monoisotopic (exact) mass is 375 g/mol. The Morgan fingerprint density at radius 3 is 2.30 bits per heavy atom. The number of carbonyl (C=O) groups excluding carboxylic acids is 3. The number of unbranched alkanes of at least 4 members (excludes halogenated alkanes) is 4. The van der Waals surface area contributed by atoms with Crippen LogP contribution in [0.1, 0.15) is 70.3 Å². The van der Waals surface area contributed by atoms with E-state index in [4.69, 9.17) is 5.73 Å². The molecule has 0 saturated heterocycles. The maximum Gasteiger partial charge on any atom is 0.240 e. The number of amides is 3. The van der Waals surface area contributed by atoms with Crippen LogP contribution in [0, 0.1) is 0 Å². The first-order chi connectivity index (χ1) is 12.9. The van der Waals surface area contributed by atoms with E-state index in [9.17, 15) is 14.4 Å². The van der Waals surface area contributed by atoms with Crippen molar-refractivity contribution in [3.8, 4) is 0 Å². The van der Waals surface area contributed by atoms with Crippen LogP contribution in [0.4, 0.5) is 0 Å². The van der Waals surface area contributed by atoms with E-state index in [2.05, 4.69) is 17.6 Å². The summed E-state index contributed by atoms with van der Waals surface area (Å²) in [7, 11) is 0. The summed E-state index contributed by atoms with van der Waals surface area (Å²) in [6.07, 6.45) is 5.38. The molecule has 150 valence electrons. The highest BCUT2D eigenvalue weighted by Gasteiger charge is 2.21. The van der Waals surface area contributed by atoms with Crippen molar-refractivity contribution in [3.63, 3.8) is 0 Å². The van der Waals surface area contributed by atoms with Crippen molar-refractivity contribution >= 4 is 17.7 Å². The lowest BCUT2D eigenvalue weighted by molar-refractivity contribution is -0.130. The number of benzene rings is 1. The Morgan fingerprint density at radius 2 is 1.67 bits per heavy atom. The minimum absolute atomic E-state index is 0.140. The quantitative estimate of drug-likeness (QED) is 0.462. The fourth-order valence-corrected chi connectivity index (χ4v) is 2.80. The van der Waals surface area contributed by atoms with Gasteiger partial charge in [0, 0.05) is 13.0 Å². The number of nitrogens with two attached hydrogens (primary N) is 1. The van der Waals surface area contributed by atoms with Crippen LogP contribution in [0.25, 0.3) is 0 Å². The van der Waals surface area contributed by atoms with Gasteiger partial charge in [-0.2, -0.15) is 0 Å². The summed E-state index contributed by atoms with van der Waals surface area (Å²) in [4.78, 5) is 35.7. The van der Waals surface area contributed by atoms with E-state index in [1.165, 1.54) is 0 Å². The molecule has 6 heteroatoms. The van der Waals surface area contributed by atoms with Crippen molar-refractivity contribution in [1.82, 2.24) is 10.6 Å². The van der Waals surface area contributed by atoms with Crippen LogP contribution in [-0.4, -0.2) is 30.3 Å². The van der Waals surface area contributed by atoms with Crippen molar-refractivity contribution in [2.75, 3.05) is 6.54 Å². The van der Waals surface area contributed by atoms with Gasteiger partial charge in [-0.05, 0) is 17.9 Å². The summed E-state index contributed by atoms with van der Waals surface area (Å²) in [5, 5.41) is 5.39. The highest BCUT2D eigenvalue weighted by molar-refractivity contribution is 5.91. The van der Waals surface area contributed by atoms with Crippen LogP contribution >= 0.6 is 0 Å². The first-order valence-electron chi connectivity index (χ1n) is 9.84. The van der Waals surface area contributed by atoms with E-state index in [1.54, 1.807) is 0 Å². The lowest BCUT2D eigenvalue weighted by Gasteiger charge is -2.17. The van der Waals surface area contributed by atoms with Gasteiger partial charge in [-0.3, -0.25) is 14.4 Å². The van der Waals surface area contributed by atoms with Crippen molar-refractivity contribution in [3.05, 3.63) is 35.9 Å².